The highest BCUT2D eigenvalue weighted by atomic mass is 32.1. The van der Waals surface area contributed by atoms with E-state index in [1.165, 1.54) is 9.75 Å². The van der Waals surface area contributed by atoms with Crippen LogP contribution in [-0.2, 0) is 9.53 Å². The Hall–Kier alpha value is -1.03. The molecule has 1 aromatic heterocycles. The van der Waals surface area contributed by atoms with Crippen LogP contribution in [0.4, 0.5) is 0 Å². The van der Waals surface area contributed by atoms with Gasteiger partial charge in [0.2, 0.25) is 0 Å². The Kier molecular flexibility index (Phi) is 4.46. The molecule has 78 valence electrons. The molecule has 0 fully saturated rings. The van der Waals surface area contributed by atoms with Crippen molar-refractivity contribution in [1.82, 2.24) is 0 Å². The van der Waals surface area contributed by atoms with Crippen LogP contribution >= 0.6 is 11.3 Å². The highest BCUT2D eigenvalue weighted by Crippen LogP contribution is 2.27. The lowest BCUT2D eigenvalue weighted by atomic mass is 10.4. The van der Waals surface area contributed by atoms with Crippen molar-refractivity contribution in [2.24, 2.45) is 0 Å². The van der Waals surface area contributed by atoms with E-state index in [-0.39, 0.29) is 0 Å². The van der Waals surface area contributed by atoms with E-state index in [1.54, 1.807) is 11.3 Å². The molecule has 0 saturated carbocycles. The maximum absolute atomic E-state index is 9.83. The molecule has 0 aromatic carbocycles. The summed E-state index contributed by atoms with van der Waals surface area (Å²) in [6, 6.07) is 2.03. The van der Waals surface area contributed by atoms with E-state index in [0.717, 1.165) is 12.2 Å². The molecular weight excluding hydrogens is 200 g/mol. The Morgan fingerprint density at radius 3 is 2.79 bits per heavy atom. The predicted molar refractivity (Wildman–Crippen MR) is 55.9 cm³/mol. The number of carbonyl (C=O) groups is 1. The summed E-state index contributed by atoms with van der Waals surface area (Å²) in [4.78, 5) is 12.3. The largest absolute Gasteiger partial charge is 0.492 e. The first-order chi connectivity index (χ1) is 6.74. The zero-order valence-corrected chi connectivity index (χ0v) is 9.23. The maximum atomic E-state index is 9.83. The molecule has 1 aromatic rings. The zero-order chi connectivity index (χ0) is 10.4. The van der Waals surface area contributed by atoms with E-state index in [1.807, 2.05) is 13.0 Å². The van der Waals surface area contributed by atoms with Crippen molar-refractivity contribution in [3.8, 4) is 5.75 Å². The summed E-state index contributed by atoms with van der Waals surface area (Å²) in [6.45, 7) is 5.56. The van der Waals surface area contributed by atoms with Gasteiger partial charge in [-0.2, -0.15) is 0 Å². The minimum atomic E-state index is 0.422. The standard InChI is InChI=1S/C10H14O3S/c1-8-6-10(9(2)14-8)13-5-3-4-12-7-11/h6-7H,3-5H2,1-2H3. The van der Waals surface area contributed by atoms with Gasteiger partial charge >= 0.3 is 0 Å². The highest BCUT2D eigenvalue weighted by molar-refractivity contribution is 7.12. The first kappa shape index (κ1) is 11.0. The molecule has 0 radical (unpaired) electrons. The average molecular weight is 214 g/mol. The summed E-state index contributed by atoms with van der Waals surface area (Å²) in [5.41, 5.74) is 0. The van der Waals surface area contributed by atoms with Crippen LogP contribution in [0.1, 0.15) is 16.2 Å². The van der Waals surface area contributed by atoms with Crippen LogP contribution in [-0.4, -0.2) is 19.7 Å². The van der Waals surface area contributed by atoms with Crippen LogP contribution in [0.2, 0.25) is 0 Å². The monoisotopic (exact) mass is 214 g/mol. The maximum Gasteiger partial charge on any atom is 0.293 e. The van der Waals surface area contributed by atoms with Gasteiger partial charge in [-0.1, -0.05) is 0 Å². The molecule has 1 rings (SSSR count). The van der Waals surface area contributed by atoms with Crippen LogP contribution in [0, 0.1) is 13.8 Å². The molecule has 0 unspecified atom stereocenters. The van der Waals surface area contributed by atoms with E-state index < -0.39 is 0 Å². The smallest absolute Gasteiger partial charge is 0.293 e. The number of aryl methyl sites for hydroxylation is 2. The summed E-state index contributed by atoms with van der Waals surface area (Å²) in [5, 5.41) is 0. The summed E-state index contributed by atoms with van der Waals surface area (Å²) in [6.07, 6.45) is 0.729. The van der Waals surface area contributed by atoms with Crippen molar-refractivity contribution < 1.29 is 14.3 Å². The number of carbonyl (C=O) groups excluding carboxylic acids is 1. The van der Waals surface area contributed by atoms with E-state index in [0.29, 0.717) is 19.7 Å². The molecule has 14 heavy (non-hydrogen) atoms. The van der Waals surface area contributed by atoms with Gasteiger partial charge in [-0.05, 0) is 19.9 Å². The Labute approximate surface area is 87.7 Å². The van der Waals surface area contributed by atoms with Crippen molar-refractivity contribution >= 4 is 17.8 Å². The quantitative estimate of drug-likeness (QED) is 0.538. The number of thiophene rings is 1. The highest BCUT2D eigenvalue weighted by Gasteiger charge is 2.02. The van der Waals surface area contributed by atoms with Crippen LogP contribution in [0.3, 0.4) is 0 Å². The average Bonchev–Trinajstić information content (AvgIpc) is 2.45. The second-order valence-electron chi connectivity index (χ2n) is 2.95. The molecule has 0 amide bonds. The van der Waals surface area contributed by atoms with Crippen molar-refractivity contribution in [3.05, 3.63) is 15.8 Å². The summed E-state index contributed by atoms with van der Waals surface area (Å²) >= 11 is 1.73. The fourth-order valence-corrected chi connectivity index (χ4v) is 1.99. The summed E-state index contributed by atoms with van der Waals surface area (Å²) in [7, 11) is 0. The third-order valence-corrected chi connectivity index (χ3v) is 2.67. The van der Waals surface area contributed by atoms with Gasteiger partial charge in [0.05, 0.1) is 13.2 Å². The van der Waals surface area contributed by atoms with E-state index >= 15 is 0 Å². The number of rotatable bonds is 6. The van der Waals surface area contributed by atoms with Gasteiger partial charge in [-0.3, -0.25) is 4.79 Å². The summed E-state index contributed by atoms with van der Waals surface area (Å²) in [5.74, 6) is 0.943. The molecule has 0 aliphatic heterocycles. The fourth-order valence-electron chi connectivity index (χ4n) is 1.12. The summed E-state index contributed by atoms with van der Waals surface area (Å²) < 4.78 is 10.1. The van der Waals surface area contributed by atoms with E-state index in [2.05, 4.69) is 11.7 Å². The topological polar surface area (TPSA) is 35.5 Å². The van der Waals surface area contributed by atoms with Gasteiger partial charge < -0.3 is 9.47 Å². The third-order valence-electron chi connectivity index (χ3n) is 1.73. The molecule has 0 aliphatic rings. The number of hydrogen-bond donors (Lipinski definition) is 0. The lowest BCUT2D eigenvalue weighted by Gasteiger charge is -2.03. The van der Waals surface area contributed by atoms with E-state index in [4.69, 9.17) is 4.74 Å². The van der Waals surface area contributed by atoms with Crippen LogP contribution in [0.25, 0.3) is 0 Å². The van der Waals surface area contributed by atoms with Crippen molar-refractivity contribution in [3.63, 3.8) is 0 Å². The first-order valence-electron chi connectivity index (χ1n) is 4.49. The van der Waals surface area contributed by atoms with Gasteiger partial charge in [-0.15, -0.1) is 11.3 Å². The molecule has 0 atom stereocenters. The molecule has 0 spiro atoms. The SMILES string of the molecule is Cc1cc(OCCCOC=O)c(C)s1. The van der Waals surface area contributed by atoms with Crippen molar-refractivity contribution in [2.75, 3.05) is 13.2 Å². The molecule has 0 N–H and O–H groups in total. The predicted octanol–water partition coefficient (Wildman–Crippen LogP) is 2.31. The molecule has 0 saturated heterocycles. The van der Waals surface area contributed by atoms with Crippen LogP contribution in [0.15, 0.2) is 6.07 Å². The van der Waals surface area contributed by atoms with Gasteiger partial charge in [0.1, 0.15) is 5.75 Å². The van der Waals surface area contributed by atoms with Gasteiger partial charge in [0, 0.05) is 16.2 Å². The normalized spacial score (nSPS) is 9.86. The Balaban J connectivity index is 2.24. The Morgan fingerprint density at radius 1 is 1.43 bits per heavy atom. The van der Waals surface area contributed by atoms with Crippen LogP contribution < -0.4 is 4.74 Å². The number of hydrogen-bond acceptors (Lipinski definition) is 4. The molecule has 1 heterocycles. The first-order valence-corrected chi connectivity index (χ1v) is 5.30. The second-order valence-corrected chi connectivity index (χ2v) is 4.41. The Bertz CT molecular complexity index is 294. The minimum absolute atomic E-state index is 0.422. The Morgan fingerprint density at radius 2 is 2.21 bits per heavy atom. The molecule has 0 bridgehead atoms. The van der Waals surface area contributed by atoms with Crippen LogP contribution in [0.5, 0.6) is 5.75 Å². The fraction of sp³-hybridized carbons (Fsp3) is 0.500. The lowest BCUT2D eigenvalue weighted by Crippen LogP contribution is -2.02. The molecular formula is C10H14O3S. The molecule has 3 nitrogen and oxygen atoms in total. The lowest BCUT2D eigenvalue weighted by molar-refractivity contribution is -0.128. The second kappa shape index (κ2) is 5.65. The van der Waals surface area contributed by atoms with Gasteiger partial charge in [0.25, 0.3) is 6.47 Å². The molecule has 4 heteroatoms. The van der Waals surface area contributed by atoms with Crippen molar-refractivity contribution in [2.45, 2.75) is 20.3 Å². The van der Waals surface area contributed by atoms with Gasteiger partial charge in [0.15, 0.2) is 0 Å². The van der Waals surface area contributed by atoms with E-state index in [9.17, 15) is 4.79 Å². The molecule has 0 aliphatic carbocycles. The number of ether oxygens (including phenoxy) is 2. The van der Waals surface area contributed by atoms with Gasteiger partial charge in [-0.25, -0.2) is 0 Å². The minimum Gasteiger partial charge on any atom is -0.492 e. The van der Waals surface area contributed by atoms with Crippen molar-refractivity contribution in [1.29, 1.82) is 0 Å². The zero-order valence-electron chi connectivity index (χ0n) is 8.41. The third kappa shape index (κ3) is 3.38.